The molecule has 0 amide bonds. The minimum absolute atomic E-state index is 0.182. The molecule has 0 saturated carbocycles. The Morgan fingerprint density at radius 2 is 1.59 bits per heavy atom. The predicted molar refractivity (Wildman–Crippen MR) is 127 cm³/mol. The molecule has 2 aromatic carbocycles. The Morgan fingerprint density at radius 1 is 0.966 bits per heavy atom. The molecule has 0 N–H and O–H groups in total. The molecule has 0 bridgehead atoms. The first kappa shape index (κ1) is 21.9. The fourth-order valence-electron chi connectivity index (χ4n) is 3.90. The van der Waals surface area contributed by atoms with Gasteiger partial charge in [0.2, 0.25) is 0 Å². The molecule has 1 aliphatic rings. The lowest BCUT2D eigenvalue weighted by atomic mass is 9.63. The van der Waals surface area contributed by atoms with Crippen molar-refractivity contribution < 1.29 is 14.3 Å². The Bertz CT molecular complexity index is 970. The van der Waals surface area contributed by atoms with Gasteiger partial charge in [-0.1, -0.05) is 45.9 Å². The van der Waals surface area contributed by atoms with Crippen LogP contribution in [0.4, 0.5) is 0 Å². The monoisotopic (exact) mass is 504 g/mol. The molecule has 29 heavy (non-hydrogen) atoms. The number of halogens is 1. The van der Waals surface area contributed by atoms with Gasteiger partial charge in [-0.15, -0.1) is 0 Å². The third-order valence-electron chi connectivity index (χ3n) is 6.02. The van der Waals surface area contributed by atoms with Crippen LogP contribution in [-0.2, 0) is 15.6 Å². The lowest BCUT2D eigenvalue weighted by molar-refractivity contribution is 0.0600. The van der Waals surface area contributed by atoms with Gasteiger partial charge >= 0.3 is 5.97 Å². The lowest BCUT2D eigenvalue weighted by Crippen LogP contribution is -2.33. The van der Waals surface area contributed by atoms with Crippen molar-refractivity contribution in [3.63, 3.8) is 0 Å². The molecule has 0 saturated heterocycles. The smallest absolute Gasteiger partial charge is 0.337 e. The number of hydrogen-bond acceptors (Lipinski definition) is 3. The topological polar surface area (TPSA) is 35.5 Å². The quantitative estimate of drug-likeness (QED) is 0.259. The van der Waals surface area contributed by atoms with E-state index in [-0.39, 0.29) is 16.8 Å². The first-order valence-electron chi connectivity index (χ1n) is 9.92. The number of ether oxygens (including phenoxy) is 2. The van der Waals surface area contributed by atoms with Crippen LogP contribution in [-0.4, -0.2) is 13.1 Å². The van der Waals surface area contributed by atoms with Crippen LogP contribution in [0.25, 0.3) is 5.57 Å². The third kappa shape index (κ3) is 4.52. The molecule has 154 valence electrons. The number of carbonyl (C=O) groups excluding carboxylic acids is 1. The van der Waals surface area contributed by atoms with Crippen LogP contribution in [0, 0.1) is 3.57 Å². The molecule has 0 aromatic heterocycles. The van der Waals surface area contributed by atoms with Crippen molar-refractivity contribution in [2.24, 2.45) is 0 Å². The van der Waals surface area contributed by atoms with E-state index in [1.165, 1.54) is 36.6 Å². The fourth-order valence-corrected chi connectivity index (χ4v) is 4.54. The van der Waals surface area contributed by atoms with Crippen LogP contribution in [0.15, 0.2) is 42.7 Å². The van der Waals surface area contributed by atoms with Crippen molar-refractivity contribution in [3.05, 3.63) is 68.5 Å². The van der Waals surface area contributed by atoms with E-state index in [9.17, 15) is 4.79 Å². The van der Waals surface area contributed by atoms with Gasteiger partial charge in [0.1, 0.15) is 5.75 Å². The zero-order valence-corrected chi connectivity index (χ0v) is 20.2. The standard InChI is InChI=1S/C25H29IO3/c1-16(15-29-22-10-8-18(14-21(22)26)23(27)28-6)17-7-9-19-20(13-17)25(4,5)12-11-24(19,2)3/h7-10,13-15H,11-12H2,1-6H3/b16-15+. The Kier molecular flexibility index (Phi) is 6.13. The van der Waals surface area contributed by atoms with Gasteiger partial charge in [-0.2, -0.15) is 0 Å². The maximum Gasteiger partial charge on any atom is 0.337 e. The molecule has 1 aliphatic carbocycles. The van der Waals surface area contributed by atoms with Crippen molar-refractivity contribution >= 4 is 34.1 Å². The number of hydrogen-bond donors (Lipinski definition) is 0. The van der Waals surface area contributed by atoms with E-state index < -0.39 is 0 Å². The molecule has 0 radical (unpaired) electrons. The van der Waals surface area contributed by atoms with Gasteiger partial charge in [0.25, 0.3) is 0 Å². The normalized spacial score (nSPS) is 17.4. The first-order valence-corrected chi connectivity index (χ1v) is 11.0. The number of esters is 1. The van der Waals surface area contributed by atoms with Gasteiger partial charge in [0.15, 0.2) is 0 Å². The SMILES string of the molecule is COC(=O)c1ccc(O/C=C(\C)c2ccc3c(c2)C(C)(C)CCC3(C)C)c(I)c1. The van der Waals surface area contributed by atoms with E-state index in [1.807, 2.05) is 0 Å². The Hall–Kier alpha value is -1.82. The van der Waals surface area contributed by atoms with Gasteiger partial charge in [0.05, 0.1) is 22.5 Å². The van der Waals surface area contributed by atoms with Crippen LogP contribution in [0.2, 0.25) is 0 Å². The highest BCUT2D eigenvalue weighted by molar-refractivity contribution is 14.1. The highest BCUT2D eigenvalue weighted by Crippen LogP contribution is 2.46. The summed E-state index contributed by atoms with van der Waals surface area (Å²) in [6.07, 6.45) is 4.20. The predicted octanol–water partition coefficient (Wildman–Crippen LogP) is 6.87. The summed E-state index contributed by atoms with van der Waals surface area (Å²) in [5.74, 6) is 0.373. The molecule has 0 fully saturated rings. The maximum atomic E-state index is 11.7. The van der Waals surface area contributed by atoms with Crippen LogP contribution < -0.4 is 4.74 Å². The Morgan fingerprint density at radius 3 is 2.21 bits per heavy atom. The highest BCUT2D eigenvalue weighted by Gasteiger charge is 2.36. The van der Waals surface area contributed by atoms with E-state index in [2.05, 4.69) is 75.4 Å². The fraction of sp³-hybridized carbons (Fsp3) is 0.400. The average Bonchev–Trinajstić information content (AvgIpc) is 2.69. The molecule has 4 heteroatoms. The van der Waals surface area contributed by atoms with Crippen molar-refractivity contribution in [2.75, 3.05) is 7.11 Å². The zero-order chi connectivity index (χ0) is 21.4. The van der Waals surface area contributed by atoms with Crippen molar-refractivity contribution in [1.29, 1.82) is 0 Å². The summed E-state index contributed by atoms with van der Waals surface area (Å²) in [5.41, 5.74) is 6.06. The van der Waals surface area contributed by atoms with E-state index in [0.29, 0.717) is 5.56 Å². The summed E-state index contributed by atoms with van der Waals surface area (Å²) in [6.45, 7) is 11.4. The molecule has 0 heterocycles. The summed E-state index contributed by atoms with van der Waals surface area (Å²) in [7, 11) is 1.38. The molecule has 0 aliphatic heterocycles. The van der Waals surface area contributed by atoms with Gasteiger partial charge in [-0.05, 0) is 93.6 Å². The second-order valence-electron chi connectivity index (χ2n) is 9.08. The van der Waals surface area contributed by atoms with E-state index >= 15 is 0 Å². The average molecular weight is 504 g/mol. The summed E-state index contributed by atoms with van der Waals surface area (Å²) < 4.78 is 11.6. The van der Waals surface area contributed by atoms with Crippen LogP contribution in [0.5, 0.6) is 5.75 Å². The van der Waals surface area contributed by atoms with Crippen molar-refractivity contribution in [1.82, 2.24) is 0 Å². The summed E-state index contributed by atoms with van der Waals surface area (Å²) >= 11 is 2.17. The van der Waals surface area contributed by atoms with Gasteiger partial charge < -0.3 is 9.47 Å². The van der Waals surface area contributed by atoms with Crippen molar-refractivity contribution in [2.45, 2.75) is 58.3 Å². The van der Waals surface area contributed by atoms with Gasteiger partial charge in [0, 0.05) is 0 Å². The number of fused-ring (bicyclic) bond motifs is 1. The molecule has 3 rings (SSSR count). The van der Waals surface area contributed by atoms with Crippen LogP contribution in [0.3, 0.4) is 0 Å². The summed E-state index contributed by atoms with van der Waals surface area (Å²) in [6, 6.07) is 12.1. The van der Waals surface area contributed by atoms with E-state index in [1.54, 1.807) is 24.5 Å². The maximum absolute atomic E-state index is 11.7. The van der Waals surface area contributed by atoms with Crippen LogP contribution >= 0.6 is 22.6 Å². The summed E-state index contributed by atoms with van der Waals surface area (Å²) in [5, 5.41) is 0. The molecular weight excluding hydrogens is 475 g/mol. The zero-order valence-electron chi connectivity index (χ0n) is 18.1. The molecule has 0 atom stereocenters. The molecular formula is C25H29IO3. The second kappa shape index (κ2) is 8.13. The van der Waals surface area contributed by atoms with E-state index in [4.69, 9.17) is 9.47 Å². The lowest BCUT2D eigenvalue weighted by Gasteiger charge is -2.42. The Balaban J connectivity index is 1.87. The first-order chi connectivity index (χ1) is 13.5. The number of carbonyl (C=O) groups is 1. The van der Waals surface area contributed by atoms with Crippen molar-refractivity contribution in [3.8, 4) is 5.75 Å². The molecule has 0 spiro atoms. The number of methoxy groups -OCH3 is 1. The minimum Gasteiger partial charge on any atom is -0.465 e. The molecule has 2 aromatic rings. The van der Waals surface area contributed by atoms with E-state index in [0.717, 1.165) is 14.9 Å². The third-order valence-corrected chi connectivity index (χ3v) is 6.87. The van der Waals surface area contributed by atoms with Crippen LogP contribution in [0.1, 0.15) is 74.5 Å². The summed E-state index contributed by atoms with van der Waals surface area (Å²) in [4.78, 5) is 11.7. The largest absolute Gasteiger partial charge is 0.465 e. The Labute approximate surface area is 187 Å². The molecule has 0 unspecified atom stereocenters. The molecule has 3 nitrogen and oxygen atoms in total. The minimum atomic E-state index is -0.346. The van der Waals surface area contributed by atoms with Gasteiger partial charge in [-0.3, -0.25) is 0 Å². The van der Waals surface area contributed by atoms with Gasteiger partial charge in [-0.25, -0.2) is 4.79 Å². The number of allylic oxidation sites excluding steroid dienone is 1. The number of benzene rings is 2. The highest BCUT2D eigenvalue weighted by atomic mass is 127. The number of rotatable bonds is 4. The second-order valence-corrected chi connectivity index (χ2v) is 10.2.